The maximum Gasteiger partial charge on any atom is 0.415 e. The lowest BCUT2D eigenvalue weighted by Crippen LogP contribution is -2.41. The van der Waals surface area contributed by atoms with Crippen LogP contribution in [0.25, 0.3) is 0 Å². The predicted molar refractivity (Wildman–Crippen MR) is 63.0 cm³/mol. The zero-order valence-electron chi connectivity index (χ0n) is 9.92. The molecule has 1 saturated heterocycles. The molecule has 0 aromatic heterocycles. The van der Waals surface area contributed by atoms with Crippen molar-refractivity contribution < 1.29 is 23.9 Å². The number of benzene rings is 1. The van der Waals surface area contributed by atoms with Gasteiger partial charge in [-0.25, -0.2) is 14.4 Å². The predicted octanol–water partition coefficient (Wildman–Crippen LogP) is 0.548. The van der Waals surface area contributed by atoms with E-state index in [1.165, 1.54) is 0 Å². The number of amides is 2. The summed E-state index contributed by atoms with van der Waals surface area (Å²) in [6, 6.07) is 8.31. The number of carbonyl (C=O) groups is 3. The third-order valence-corrected chi connectivity index (χ3v) is 2.43. The molecule has 1 aliphatic heterocycles. The molecule has 1 heterocycles. The zero-order valence-corrected chi connectivity index (χ0v) is 9.92. The number of nitrogens with one attached hydrogen (secondary N) is 2. The molecule has 1 aliphatic rings. The average Bonchev–Trinajstić information content (AvgIpc) is 2.73. The smallest absolute Gasteiger partial charge is 0.415 e. The Labute approximate surface area is 108 Å². The van der Waals surface area contributed by atoms with Gasteiger partial charge in [-0.1, -0.05) is 30.3 Å². The highest BCUT2D eigenvalue weighted by atomic mass is 16.6. The van der Waals surface area contributed by atoms with Crippen LogP contribution in [0.2, 0.25) is 0 Å². The summed E-state index contributed by atoms with van der Waals surface area (Å²) in [6.45, 7) is 0.0618. The highest BCUT2D eigenvalue weighted by Gasteiger charge is 2.32. The largest absolute Gasteiger partial charge is 0.445 e. The summed E-state index contributed by atoms with van der Waals surface area (Å²) >= 11 is 0. The van der Waals surface area contributed by atoms with E-state index in [4.69, 9.17) is 4.74 Å². The van der Waals surface area contributed by atoms with E-state index >= 15 is 0 Å². The van der Waals surface area contributed by atoms with Gasteiger partial charge in [0.15, 0.2) is 0 Å². The quantitative estimate of drug-likeness (QED) is 0.611. The Hall–Kier alpha value is -2.57. The molecule has 0 spiro atoms. The van der Waals surface area contributed by atoms with E-state index in [1.54, 1.807) is 0 Å². The standard InChI is InChI=1S/C12H12N2O5/c15-10-9(14-12(17)19-10)6-13-11(16)18-7-8-4-2-1-3-5-8/h1-5,9H,6-7H2,(H,13,16)(H,14,17)/t9-/m0/s1. The lowest BCUT2D eigenvalue weighted by molar-refractivity contribution is -0.135. The number of cyclic esters (lactones) is 2. The number of hydrogen-bond donors (Lipinski definition) is 2. The van der Waals surface area contributed by atoms with Crippen molar-refractivity contribution in [2.75, 3.05) is 6.54 Å². The van der Waals surface area contributed by atoms with Crippen molar-refractivity contribution in [3.8, 4) is 0 Å². The number of carbonyl (C=O) groups excluding carboxylic acids is 3. The van der Waals surface area contributed by atoms with Crippen molar-refractivity contribution in [3.05, 3.63) is 35.9 Å². The summed E-state index contributed by atoms with van der Waals surface area (Å²) in [5.41, 5.74) is 0.853. The van der Waals surface area contributed by atoms with E-state index in [0.717, 1.165) is 5.56 Å². The van der Waals surface area contributed by atoms with Gasteiger partial charge in [0.2, 0.25) is 0 Å². The van der Waals surface area contributed by atoms with Crippen molar-refractivity contribution >= 4 is 18.2 Å². The van der Waals surface area contributed by atoms with Crippen LogP contribution in [0.1, 0.15) is 5.56 Å². The summed E-state index contributed by atoms with van der Waals surface area (Å²) in [4.78, 5) is 33.2. The molecule has 7 heteroatoms. The molecule has 100 valence electrons. The van der Waals surface area contributed by atoms with Gasteiger partial charge in [-0.05, 0) is 5.56 Å². The summed E-state index contributed by atoms with van der Waals surface area (Å²) in [5.74, 6) is -0.714. The van der Waals surface area contributed by atoms with Crippen LogP contribution in [0.15, 0.2) is 30.3 Å². The number of rotatable bonds is 4. The van der Waals surface area contributed by atoms with Gasteiger partial charge in [-0.15, -0.1) is 0 Å². The average molecular weight is 264 g/mol. The minimum absolute atomic E-state index is 0.0712. The molecule has 1 aromatic carbocycles. The first kappa shape index (κ1) is 12.9. The summed E-state index contributed by atoms with van der Waals surface area (Å²) in [5, 5.41) is 4.62. The fraction of sp³-hybridized carbons (Fsp3) is 0.250. The van der Waals surface area contributed by atoms with E-state index in [9.17, 15) is 14.4 Å². The van der Waals surface area contributed by atoms with E-state index in [0.29, 0.717) is 0 Å². The minimum atomic E-state index is -0.864. The second kappa shape index (κ2) is 5.85. The van der Waals surface area contributed by atoms with Gasteiger partial charge in [0.25, 0.3) is 0 Å². The first-order valence-corrected chi connectivity index (χ1v) is 5.62. The molecule has 0 saturated carbocycles. The lowest BCUT2D eigenvalue weighted by atomic mass is 10.2. The van der Waals surface area contributed by atoms with Crippen molar-refractivity contribution in [3.63, 3.8) is 0 Å². The van der Waals surface area contributed by atoms with Crippen molar-refractivity contribution in [1.29, 1.82) is 0 Å². The highest BCUT2D eigenvalue weighted by Crippen LogP contribution is 2.01. The van der Waals surface area contributed by atoms with Gasteiger partial charge < -0.3 is 20.1 Å². The van der Waals surface area contributed by atoms with Gasteiger partial charge in [-0.2, -0.15) is 0 Å². The Morgan fingerprint density at radius 3 is 2.68 bits per heavy atom. The number of esters is 1. The Kier molecular flexibility index (Phi) is 3.97. The van der Waals surface area contributed by atoms with Crippen LogP contribution >= 0.6 is 0 Å². The van der Waals surface area contributed by atoms with Crippen molar-refractivity contribution in [2.24, 2.45) is 0 Å². The van der Waals surface area contributed by atoms with Crippen LogP contribution in [0.4, 0.5) is 9.59 Å². The van der Waals surface area contributed by atoms with Crippen LogP contribution in [-0.4, -0.2) is 30.7 Å². The molecule has 1 atom stereocenters. The Morgan fingerprint density at radius 1 is 1.32 bits per heavy atom. The molecule has 1 fully saturated rings. The Balaban J connectivity index is 1.70. The fourth-order valence-electron chi connectivity index (χ4n) is 1.49. The SMILES string of the molecule is O=C(NC[C@@H]1NC(=O)OC1=O)OCc1ccccc1. The van der Waals surface area contributed by atoms with Gasteiger partial charge >= 0.3 is 18.2 Å². The topological polar surface area (TPSA) is 93.7 Å². The highest BCUT2D eigenvalue weighted by molar-refractivity contribution is 5.95. The second-order valence-electron chi connectivity index (χ2n) is 3.85. The van der Waals surface area contributed by atoms with Gasteiger partial charge in [0.1, 0.15) is 12.6 Å². The molecular weight excluding hydrogens is 252 g/mol. The zero-order chi connectivity index (χ0) is 13.7. The maximum absolute atomic E-state index is 11.4. The summed E-state index contributed by atoms with van der Waals surface area (Å²) < 4.78 is 9.19. The molecular formula is C12H12N2O5. The summed E-state index contributed by atoms with van der Waals surface area (Å²) in [7, 11) is 0. The van der Waals surface area contributed by atoms with Crippen LogP contribution in [0.5, 0.6) is 0 Å². The lowest BCUT2D eigenvalue weighted by Gasteiger charge is -2.08. The van der Waals surface area contributed by atoms with Crippen LogP contribution in [0, 0.1) is 0 Å². The molecule has 2 N–H and O–H groups in total. The number of ether oxygens (including phenoxy) is 2. The molecule has 1 aromatic rings. The van der Waals surface area contributed by atoms with E-state index in [2.05, 4.69) is 15.4 Å². The second-order valence-corrected chi connectivity index (χ2v) is 3.85. The molecule has 7 nitrogen and oxygen atoms in total. The van der Waals surface area contributed by atoms with Crippen molar-refractivity contribution in [1.82, 2.24) is 10.6 Å². The van der Waals surface area contributed by atoms with Crippen LogP contribution < -0.4 is 10.6 Å². The monoisotopic (exact) mass is 264 g/mol. The molecule has 0 aliphatic carbocycles. The molecule has 19 heavy (non-hydrogen) atoms. The Morgan fingerprint density at radius 2 is 2.05 bits per heavy atom. The van der Waals surface area contributed by atoms with E-state index in [-0.39, 0.29) is 13.2 Å². The molecule has 0 unspecified atom stereocenters. The van der Waals surface area contributed by atoms with Crippen molar-refractivity contribution in [2.45, 2.75) is 12.6 Å². The number of alkyl carbamates (subject to hydrolysis) is 2. The molecule has 0 radical (unpaired) electrons. The summed E-state index contributed by atoms with van der Waals surface area (Å²) in [6.07, 6.45) is -1.48. The van der Waals surface area contributed by atoms with Crippen LogP contribution in [-0.2, 0) is 20.9 Å². The first-order valence-electron chi connectivity index (χ1n) is 5.62. The fourth-order valence-corrected chi connectivity index (χ4v) is 1.49. The normalized spacial score (nSPS) is 17.6. The van der Waals surface area contributed by atoms with Gasteiger partial charge in [-0.3, -0.25) is 0 Å². The third-order valence-electron chi connectivity index (χ3n) is 2.43. The van der Waals surface area contributed by atoms with Gasteiger partial charge in [0, 0.05) is 0 Å². The third kappa shape index (κ3) is 3.70. The maximum atomic E-state index is 11.4. The van der Waals surface area contributed by atoms with E-state index in [1.807, 2.05) is 30.3 Å². The van der Waals surface area contributed by atoms with Crippen LogP contribution in [0.3, 0.4) is 0 Å². The molecule has 0 bridgehead atoms. The Bertz CT molecular complexity index is 488. The number of hydrogen-bond acceptors (Lipinski definition) is 5. The first-order chi connectivity index (χ1) is 9.15. The minimum Gasteiger partial charge on any atom is -0.445 e. The molecule has 2 amide bonds. The molecule has 2 rings (SSSR count). The van der Waals surface area contributed by atoms with E-state index < -0.39 is 24.2 Å². The van der Waals surface area contributed by atoms with Gasteiger partial charge in [0.05, 0.1) is 6.54 Å².